The molecule has 1 aliphatic rings. The molecule has 0 aromatic carbocycles. The molecule has 88 valence electrons. The van der Waals surface area contributed by atoms with Crippen molar-refractivity contribution >= 4 is 5.91 Å². The zero-order chi connectivity index (χ0) is 11.5. The van der Waals surface area contributed by atoms with Crippen LogP contribution in [0.4, 0.5) is 0 Å². The third-order valence-electron chi connectivity index (χ3n) is 2.99. The molecule has 1 aliphatic heterocycles. The van der Waals surface area contributed by atoms with Gasteiger partial charge in [-0.05, 0) is 13.3 Å². The van der Waals surface area contributed by atoms with E-state index in [2.05, 4.69) is 0 Å². The minimum atomic E-state index is -0.750. The van der Waals surface area contributed by atoms with Crippen molar-refractivity contribution in [1.82, 2.24) is 4.90 Å². The molecule has 2 atom stereocenters. The van der Waals surface area contributed by atoms with Crippen molar-refractivity contribution in [1.29, 1.82) is 0 Å². The Kier molecular flexibility index (Phi) is 4.11. The first-order chi connectivity index (χ1) is 6.97. The molecule has 0 spiro atoms. The second kappa shape index (κ2) is 4.94. The molecule has 4 nitrogen and oxygen atoms in total. The van der Waals surface area contributed by atoms with Crippen LogP contribution in [0.25, 0.3) is 0 Å². The number of amides is 1. The number of hydrogen-bond acceptors (Lipinski definition) is 3. The Bertz CT molecular complexity index is 228. The van der Waals surface area contributed by atoms with E-state index in [-0.39, 0.29) is 18.4 Å². The van der Waals surface area contributed by atoms with E-state index >= 15 is 0 Å². The second-order valence-electron chi connectivity index (χ2n) is 4.59. The van der Waals surface area contributed by atoms with Crippen molar-refractivity contribution in [2.24, 2.45) is 5.92 Å². The Balaban J connectivity index is 2.36. The number of rotatable bonds is 4. The van der Waals surface area contributed by atoms with Crippen molar-refractivity contribution in [2.75, 3.05) is 26.3 Å². The van der Waals surface area contributed by atoms with Gasteiger partial charge in [-0.25, -0.2) is 0 Å². The van der Waals surface area contributed by atoms with Gasteiger partial charge in [0.1, 0.15) is 6.61 Å². The topological polar surface area (TPSA) is 49.8 Å². The van der Waals surface area contributed by atoms with Gasteiger partial charge in [0, 0.05) is 25.6 Å². The third kappa shape index (κ3) is 3.18. The highest BCUT2D eigenvalue weighted by Gasteiger charge is 2.40. The summed E-state index contributed by atoms with van der Waals surface area (Å²) in [6.07, 6.45) is 0.918. The van der Waals surface area contributed by atoms with Gasteiger partial charge in [0.2, 0.25) is 5.91 Å². The summed E-state index contributed by atoms with van der Waals surface area (Å²) in [5.41, 5.74) is -0.750. The minimum absolute atomic E-state index is 0.0203. The van der Waals surface area contributed by atoms with E-state index in [4.69, 9.17) is 4.74 Å². The predicted molar refractivity (Wildman–Crippen MR) is 57.5 cm³/mol. The lowest BCUT2D eigenvalue weighted by atomic mass is 9.95. The predicted octanol–water partition coefficient (Wildman–Crippen LogP) is 0.642. The van der Waals surface area contributed by atoms with Crippen molar-refractivity contribution < 1.29 is 14.6 Å². The molecule has 1 amide bonds. The molecule has 4 heteroatoms. The van der Waals surface area contributed by atoms with Crippen LogP contribution in [-0.2, 0) is 9.53 Å². The zero-order valence-electron chi connectivity index (χ0n) is 9.82. The molecule has 0 aliphatic carbocycles. The van der Waals surface area contributed by atoms with E-state index in [0.717, 1.165) is 6.42 Å². The quantitative estimate of drug-likeness (QED) is 0.700. The maximum Gasteiger partial charge on any atom is 0.248 e. The first kappa shape index (κ1) is 12.5. The minimum Gasteiger partial charge on any atom is -0.388 e. The molecule has 1 N–H and O–H groups in total. The lowest BCUT2D eigenvalue weighted by Crippen LogP contribution is -2.36. The summed E-state index contributed by atoms with van der Waals surface area (Å²) >= 11 is 0. The van der Waals surface area contributed by atoms with E-state index in [0.29, 0.717) is 19.7 Å². The van der Waals surface area contributed by atoms with E-state index in [9.17, 15) is 9.90 Å². The number of ether oxygens (including phenoxy) is 1. The monoisotopic (exact) mass is 215 g/mol. The molecule has 0 aromatic heterocycles. The first-order valence-corrected chi connectivity index (χ1v) is 5.55. The average molecular weight is 215 g/mol. The summed E-state index contributed by atoms with van der Waals surface area (Å²) in [5.74, 6) is 0.112. The van der Waals surface area contributed by atoms with Gasteiger partial charge < -0.3 is 14.7 Å². The number of carbonyl (C=O) groups excluding carboxylic acids is 1. The fraction of sp³-hybridized carbons (Fsp3) is 0.909. The number of likely N-dealkylation sites (tertiary alicyclic amines) is 1. The van der Waals surface area contributed by atoms with Crippen LogP contribution >= 0.6 is 0 Å². The van der Waals surface area contributed by atoms with Crippen LogP contribution < -0.4 is 0 Å². The molecule has 1 saturated heterocycles. The normalized spacial score (nSPS) is 30.9. The van der Waals surface area contributed by atoms with Crippen LogP contribution in [-0.4, -0.2) is 47.8 Å². The maximum atomic E-state index is 11.6. The highest BCUT2D eigenvalue weighted by molar-refractivity contribution is 5.77. The number of β-amino-alcohol motifs (C(OH)–C–C–N with tert-alkyl or cyclic N) is 1. The van der Waals surface area contributed by atoms with E-state index < -0.39 is 5.60 Å². The largest absolute Gasteiger partial charge is 0.388 e. The van der Waals surface area contributed by atoms with Gasteiger partial charge in [-0.3, -0.25) is 4.79 Å². The molecule has 1 rings (SSSR count). The Morgan fingerprint density at radius 2 is 2.33 bits per heavy atom. The maximum absolute atomic E-state index is 11.6. The molecule has 0 saturated carbocycles. The van der Waals surface area contributed by atoms with Gasteiger partial charge in [0.25, 0.3) is 0 Å². The second-order valence-corrected chi connectivity index (χ2v) is 4.59. The number of carbonyl (C=O) groups is 1. The van der Waals surface area contributed by atoms with E-state index in [1.165, 1.54) is 0 Å². The van der Waals surface area contributed by atoms with E-state index in [1.807, 2.05) is 13.8 Å². The summed E-state index contributed by atoms with van der Waals surface area (Å²) in [7, 11) is 0. The molecule has 0 bridgehead atoms. The number of aliphatic hydroxyl groups is 1. The van der Waals surface area contributed by atoms with E-state index in [1.54, 1.807) is 11.8 Å². The van der Waals surface area contributed by atoms with Gasteiger partial charge in [-0.15, -0.1) is 0 Å². The number of nitrogens with zero attached hydrogens (tertiary/aromatic N) is 1. The fourth-order valence-corrected chi connectivity index (χ4v) is 1.72. The summed E-state index contributed by atoms with van der Waals surface area (Å²) in [6.45, 7) is 7.54. The molecule has 0 aromatic rings. The molecule has 1 fully saturated rings. The molecule has 0 unspecified atom stereocenters. The zero-order valence-corrected chi connectivity index (χ0v) is 9.82. The standard InChI is InChI=1S/C11H21NO3/c1-4-5-15-7-10(13)12-6-9(2)11(3,14)8-12/h9,14H,4-8H2,1-3H3/t9-,11+/m1/s1. The van der Waals surface area contributed by atoms with Crippen LogP contribution in [0.2, 0.25) is 0 Å². The molecule has 1 heterocycles. The number of hydrogen-bond donors (Lipinski definition) is 1. The van der Waals surface area contributed by atoms with Crippen LogP contribution in [0.3, 0.4) is 0 Å². The summed E-state index contributed by atoms with van der Waals surface area (Å²) in [4.78, 5) is 13.3. The van der Waals surface area contributed by atoms with Crippen LogP contribution in [0, 0.1) is 5.92 Å². The molecular formula is C11H21NO3. The molecular weight excluding hydrogens is 194 g/mol. The smallest absolute Gasteiger partial charge is 0.248 e. The first-order valence-electron chi connectivity index (χ1n) is 5.55. The summed E-state index contributed by atoms with van der Waals surface area (Å²) < 4.78 is 5.19. The van der Waals surface area contributed by atoms with Crippen molar-refractivity contribution in [3.8, 4) is 0 Å². The fourth-order valence-electron chi connectivity index (χ4n) is 1.72. The van der Waals surface area contributed by atoms with Gasteiger partial charge in [-0.2, -0.15) is 0 Å². The summed E-state index contributed by atoms with van der Waals surface area (Å²) in [6, 6.07) is 0. The van der Waals surface area contributed by atoms with Gasteiger partial charge in [0.05, 0.1) is 5.60 Å². The van der Waals surface area contributed by atoms with Crippen molar-refractivity contribution in [2.45, 2.75) is 32.8 Å². The average Bonchev–Trinajstić information content (AvgIpc) is 2.42. The SMILES string of the molecule is CCCOCC(=O)N1C[C@@H](C)[C@@](C)(O)C1. The Labute approximate surface area is 91.2 Å². The van der Waals surface area contributed by atoms with Gasteiger partial charge in [0.15, 0.2) is 0 Å². The van der Waals surface area contributed by atoms with Gasteiger partial charge >= 0.3 is 0 Å². The van der Waals surface area contributed by atoms with Crippen molar-refractivity contribution in [3.63, 3.8) is 0 Å². The highest BCUT2D eigenvalue weighted by atomic mass is 16.5. The molecule has 0 radical (unpaired) electrons. The molecule has 15 heavy (non-hydrogen) atoms. The summed E-state index contributed by atoms with van der Waals surface area (Å²) in [5, 5.41) is 9.92. The van der Waals surface area contributed by atoms with Crippen LogP contribution in [0.5, 0.6) is 0 Å². The lowest BCUT2D eigenvalue weighted by Gasteiger charge is -2.20. The Hall–Kier alpha value is -0.610. The Morgan fingerprint density at radius 1 is 1.67 bits per heavy atom. The van der Waals surface area contributed by atoms with Crippen LogP contribution in [0.1, 0.15) is 27.2 Å². The highest BCUT2D eigenvalue weighted by Crippen LogP contribution is 2.26. The van der Waals surface area contributed by atoms with Crippen LogP contribution in [0.15, 0.2) is 0 Å². The Morgan fingerprint density at radius 3 is 2.80 bits per heavy atom. The lowest BCUT2D eigenvalue weighted by molar-refractivity contribution is -0.135. The van der Waals surface area contributed by atoms with Crippen molar-refractivity contribution in [3.05, 3.63) is 0 Å². The third-order valence-corrected chi connectivity index (χ3v) is 2.99. The van der Waals surface area contributed by atoms with Gasteiger partial charge in [-0.1, -0.05) is 13.8 Å².